The topological polar surface area (TPSA) is 54.2 Å². The molecule has 0 saturated carbocycles. The van der Waals surface area contributed by atoms with Crippen molar-refractivity contribution in [1.82, 2.24) is 20.4 Å². The molecule has 0 aliphatic carbocycles. The van der Waals surface area contributed by atoms with Crippen molar-refractivity contribution in [1.29, 1.82) is 0 Å². The molecule has 2 aromatic rings. The van der Waals surface area contributed by atoms with Gasteiger partial charge in [-0.1, -0.05) is 19.1 Å². The molecule has 0 atom stereocenters. The van der Waals surface area contributed by atoms with Crippen LogP contribution in [0.3, 0.4) is 0 Å². The minimum absolute atomic E-state index is 0.542. The zero-order chi connectivity index (χ0) is 14.4. The van der Waals surface area contributed by atoms with Gasteiger partial charge in [0, 0.05) is 17.6 Å². The summed E-state index contributed by atoms with van der Waals surface area (Å²) in [7, 11) is 2.10. The van der Waals surface area contributed by atoms with Crippen molar-refractivity contribution in [2.75, 3.05) is 26.7 Å². The standard InChI is InChI=1S/C14H19BrN4O/c1-3-19(2)9-8-16-10-13-17-18-14(20-13)11-6-4-5-7-12(11)15/h4-7,16H,3,8-10H2,1-2H3. The zero-order valence-corrected chi connectivity index (χ0v) is 13.4. The van der Waals surface area contributed by atoms with Gasteiger partial charge in [0.15, 0.2) is 0 Å². The lowest BCUT2D eigenvalue weighted by atomic mass is 10.2. The second-order valence-electron chi connectivity index (χ2n) is 4.55. The Hall–Kier alpha value is -1.24. The summed E-state index contributed by atoms with van der Waals surface area (Å²) in [6.45, 7) is 5.68. The first-order chi connectivity index (χ1) is 9.70. The molecular formula is C14H19BrN4O. The van der Waals surface area contributed by atoms with Crippen molar-refractivity contribution >= 4 is 15.9 Å². The second-order valence-corrected chi connectivity index (χ2v) is 5.41. The molecule has 1 N–H and O–H groups in total. The van der Waals surface area contributed by atoms with Crippen molar-refractivity contribution in [2.24, 2.45) is 0 Å². The minimum atomic E-state index is 0.542. The molecule has 0 bridgehead atoms. The number of hydrogen-bond acceptors (Lipinski definition) is 5. The molecule has 0 aliphatic heterocycles. The number of benzene rings is 1. The molecule has 0 fully saturated rings. The largest absolute Gasteiger partial charge is 0.419 e. The summed E-state index contributed by atoms with van der Waals surface area (Å²) in [4.78, 5) is 2.24. The minimum Gasteiger partial charge on any atom is -0.419 e. The fraction of sp³-hybridized carbons (Fsp3) is 0.429. The van der Waals surface area contributed by atoms with Crippen LogP contribution < -0.4 is 5.32 Å². The number of nitrogens with one attached hydrogen (secondary N) is 1. The smallest absolute Gasteiger partial charge is 0.248 e. The van der Waals surface area contributed by atoms with Crippen molar-refractivity contribution in [3.05, 3.63) is 34.6 Å². The Morgan fingerprint density at radius 2 is 2.10 bits per heavy atom. The monoisotopic (exact) mass is 338 g/mol. The van der Waals surface area contributed by atoms with Gasteiger partial charge in [-0.25, -0.2) is 0 Å². The van der Waals surface area contributed by atoms with Gasteiger partial charge in [0.2, 0.25) is 11.8 Å². The summed E-state index contributed by atoms with van der Waals surface area (Å²) in [5.41, 5.74) is 0.914. The average molecular weight is 339 g/mol. The lowest BCUT2D eigenvalue weighted by Gasteiger charge is -2.13. The highest BCUT2D eigenvalue weighted by molar-refractivity contribution is 9.10. The molecule has 0 amide bonds. The second kappa shape index (κ2) is 7.52. The van der Waals surface area contributed by atoms with Crippen molar-refractivity contribution < 1.29 is 4.42 Å². The number of hydrogen-bond donors (Lipinski definition) is 1. The van der Waals surface area contributed by atoms with Gasteiger partial charge in [-0.3, -0.25) is 0 Å². The highest BCUT2D eigenvalue weighted by Gasteiger charge is 2.10. The third-order valence-corrected chi connectivity index (χ3v) is 3.75. The molecule has 6 heteroatoms. The van der Waals surface area contributed by atoms with Crippen LogP contribution in [0.5, 0.6) is 0 Å². The Morgan fingerprint density at radius 3 is 2.85 bits per heavy atom. The van der Waals surface area contributed by atoms with Crippen LogP contribution in [0.4, 0.5) is 0 Å². The van der Waals surface area contributed by atoms with Gasteiger partial charge in [-0.05, 0) is 41.7 Å². The van der Waals surface area contributed by atoms with Crippen molar-refractivity contribution in [3.63, 3.8) is 0 Å². The summed E-state index contributed by atoms with van der Waals surface area (Å²) in [5.74, 6) is 1.15. The van der Waals surface area contributed by atoms with E-state index in [4.69, 9.17) is 4.42 Å². The average Bonchev–Trinajstić information content (AvgIpc) is 2.92. The van der Waals surface area contributed by atoms with Crippen LogP contribution in [-0.2, 0) is 6.54 Å². The van der Waals surface area contributed by atoms with E-state index in [1.807, 2.05) is 24.3 Å². The van der Waals surface area contributed by atoms with Crippen LogP contribution in [-0.4, -0.2) is 41.8 Å². The Kier molecular flexibility index (Phi) is 5.70. The van der Waals surface area contributed by atoms with E-state index in [9.17, 15) is 0 Å². The Morgan fingerprint density at radius 1 is 1.30 bits per heavy atom. The maximum atomic E-state index is 5.66. The Balaban J connectivity index is 1.88. The van der Waals surface area contributed by atoms with E-state index in [0.29, 0.717) is 18.3 Å². The maximum absolute atomic E-state index is 5.66. The number of aromatic nitrogens is 2. The predicted molar refractivity (Wildman–Crippen MR) is 82.3 cm³/mol. The molecule has 1 heterocycles. The fourth-order valence-corrected chi connectivity index (χ4v) is 2.15. The Bertz CT molecular complexity index is 543. The van der Waals surface area contributed by atoms with Gasteiger partial charge < -0.3 is 14.6 Å². The van der Waals surface area contributed by atoms with E-state index in [1.54, 1.807) is 0 Å². The normalized spacial score (nSPS) is 11.2. The first-order valence-corrected chi connectivity index (χ1v) is 7.46. The van der Waals surface area contributed by atoms with Crippen molar-refractivity contribution in [2.45, 2.75) is 13.5 Å². The van der Waals surface area contributed by atoms with E-state index in [1.165, 1.54) is 0 Å². The molecule has 0 aliphatic rings. The van der Waals surface area contributed by atoms with Crippen LogP contribution in [0.1, 0.15) is 12.8 Å². The lowest BCUT2D eigenvalue weighted by Crippen LogP contribution is -2.28. The molecule has 20 heavy (non-hydrogen) atoms. The van der Waals surface area contributed by atoms with E-state index in [0.717, 1.165) is 29.7 Å². The van der Waals surface area contributed by atoms with Gasteiger partial charge in [0.25, 0.3) is 0 Å². The fourth-order valence-electron chi connectivity index (χ4n) is 1.69. The van der Waals surface area contributed by atoms with Gasteiger partial charge in [0.05, 0.1) is 12.1 Å². The highest BCUT2D eigenvalue weighted by atomic mass is 79.9. The summed E-state index contributed by atoms with van der Waals surface area (Å²) < 4.78 is 6.61. The zero-order valence-electron chi connectivity index (χ0n) is 11.8. The molecule has 0 radical (unpaired) electrons. The molecule has 108 valence electrons. The number of nitrogens with zero attached hydrogens (tertiary/aromatic N) is 3. The van der Waals surface area contributed by atoms with Gasteiger partial charge in [-0.15, -0.1) is 10.2 Å². The van der Waals surface area contributed by atoms with Gasteiger partial charge >= 0.3 is 0 Å². The summed E-state index contributed by atoms with van der Waals surface area (Å²) in [6.07, 6.45) is 0. The predicted octanol–water partition coefficient (Wildman–Crippen LogP) is 2.54. The first-order valence-electron chi connectivity index (χ1n) is 6.67. The van der Waals surface area contributed by atoms with Crippen LogP contribution in [0.25, 0.3) is 11.5 Å². The number of halogens is 1. The summed E-state index contributed by atoms with van der Waals surface area (Å²) in [5, 5.41) is 11.4. The number of likely N-dealkylation sites (N-methyl/N-ethyl adjacent to an activating group) is 1. The third-order valence-electron chi connectivity index (χ3n) is 3.06. The quantitative estimate of drug-likeness (QED) is 0.786. The van der Waals surface area contributed by atoms with E-state index in [2.05, 4.69) is 50.3 Å². The SMILES string of the molecule is CCN(C)CCNCc1nnc(-c2ccccc2Br)o1. The van der Waals surface area contributed by atoms with Crippen LogP contribution in [0.15, 0.2) is 33.2 Å². The van der Waals surface area contributed by atoms with Crippen molar-refractivity contribution in [3.8, 4) is 11.5 Å². The van der Waals surface area contributed by atoms with Gasteiger partial charge in [-0.2, -0.15) is 0 Å². The van der Waals surface area contributed by atoms with Crippen LogP contribution in [0.2, 0.25) is 0 Å². The summed E-state index contributed by atoms with van der Waals surface area (Å²) in [6, 6.07) is 7.81. The van der Waals surface area contributed by atoms with E-state index in [-0.39, 0.29) is 0 Å². The molecule has 2 rings (SSSR count). The molecule has 0 saturated heterocycles. The van der Waals surface area contributed by atoms with E-state index >= 15 is 0 Å². The molecular weight excluding hydrogens is 320 g/mol. The Labute approximate surface area is 127 Å². The van der Waals surface area contributed by atoms with Crippen LogP contribution >= 0.6 is 15.9 Å². The third kappa shape index (κ3) is 4.13. The maximum Gasteiger partial charge on any atom is 0.248 e. The molecule has 0 unspecified atom stereocenters. The summed E-state index contributed by atoms with van der Waals surface area (Å²) >= 11 is 3.48. The van der Waals surface area contributed by atoms with Crippen LogP contribution in [0, 0.1) is 0 Å². The highest BCUT2D eigenvalue weighted by Crippen LogP contribution is 2.26. The molecule has 1 aromatic heterocycles. The van der Waals surface area contributed by atoms with Gasteiger partial charge in [0.1, 0.15) is 0 Å². The van der Waals surface area contributed by atoms with E-state index < -0.39 is 0 Å². The molecule has 1 aromatic carbocycles. The number of rotatable bonds is 7. The molecule has 5 nitrogen and oxygen atoms in total. The lowest BCUT2D eigenvalue weighted by molar-refractivity contribution is 0.344. The molecule has 0 spiro atoms. The first kappa shape index (κ1) is 15.2.